The molecule has 6 heterocycles. The van der Waals surface area contributed by atoms with Crippen LogP contribution in [0, 0.1) is 11.3 Å². The van der Waals surface area contributed by atoms with Crippen molar-refractivity contribution < 1.29 is 38.8 Å². The highest BCUT2D eigenvalue weighted by atomic mass is 16.6. The van der Waals surface area contributed by atoms with E-state index < -0.39 is 57.4 Å². The fourth-order valence-corrected chi connectivity index (χ4v) is 13.6. The maximum atomic E-state index is 15.3. The zero-order valence-corrected chi connectivity index (χ0v) is 35.4. The fourth-order valence-electron chi connectivity index (χ4n) is 13.6. The van der Waals surface area contributed by atoms with Crippen LogP contribution in [0.3, 0.4) is 0 Å². The zero-order valence-electron chi connectivity index (χ0n) is 35.4. The Labute approximate surface area is 346 Å². The normalized spacial score (nSPS) is 37.0. The van der Waals surface area contributed by atoms with Gasteiger partial charge in [0.05, 0.1) is 25.9 Å². The lowest BCUT2D eigenvalue weighted by Crippen LogP contribution is -2.82. The Kier molecular flexibility index (Phi) is 9.36. The number of fused-ring (bicyclic) bond motifs is 6. The molecule has 13 nitrogen and oxygen atoms in total. The molecule has 1 amide bonds. The molecule has 5 unspecified atom stereocenters. The molecule has 2 aromatic carbocycles. The van der Waals surface area contributed by atoms with Gasteiger partial charge < -0.3 is 39.6 Å². The molecule has 59 heavy (non-hydrogen) atoms. The molecule has 2 saturated heterocycles. The first-order valence-electron chi connectivity index (χ1n) is 21.4. The number of H-pyrrole nitrogens is 1. The predicted octanol–water partition coefficient (Wildman–Crippen LogP) is 3.56. The zero-order chi connectivity index (χ0) is 41.9. The molecule has 9 rings (SSSR count). The number of hydrogen-bond donors (Lipinski definition) is 4. The average Bonchev–Trinajstić information content (AvgIpc) is 3.87. The summed E-state index contributed by atoms with van der Waals surface area (Å²) in [6.07, 6.45) is 5.54. The van der Waals surface area contributed by atoms with E-state index >= 15 is 4.79 Å². The Hall–Kier alpha value is -4.43. The number of piperidine rings is 1. The van der Waals surface area contributed by atoms with Crippen LogP contribution in [0.4, 0.5) is 5.69 Å². The molecule has 1 aliphatic carbocycles. The molecular formula is C46H59N5O8. The number of esters is 2. The Morgan fingerprint density at radius 2 is 1.81 bits per heavy atom. The van der Waals surface area contributed by atoms with E-state index in [9.17, 15) is 19.8 Å². The highest BCUT2D eigenvalue weighted by Gasteiger charge is 2.80. The molecule has 10 atom stereocenters. The van der Waals surface area contributed by atoms with Gasteiger partial charge >= 0.3 is 11.9 Å². The van der Waals surface area contributed by atoms with E-state index in [0.717, 1.165) is 33.4 Å². The number of rotatable bonds is 7. The summed E-state index contributed by atoms with van der Waals surface area (Å²) in [6, 6.07) is 11.1. The minimum Gasteiger partial charge on any atom is -0.496 e. The summed E-state index contributed by atoms with van der Waals surface area (Å²) < 4.78 is 18.5. The summed E-state index contributed by atoms with van der Waals surface area (Å²) in [5.74, 6) is -1.22. The van der Waals surface area contributed by atoms with Crippen LogP contribution in [-0.2, 0) is 41.1 Å². The summed E-state index contributed by atoms with van der Waals surface area (Å²) in [4.78, 5) is 53.6. The van der Waals surface area contributed by atoms with Gasteiger partial charge in [0, 0.05) is 97.5 Å². The molecule has 1 saturated carbocycles. The Bertz CT molecular complexity index is 2250. The summed E-state index contributed by atoms with van der Waals surface area (Å²) in [6.45, 7) is 10.6. The summed E-state index contributed by atoms with van der Waals surface area (Å²) in [7, 11) is 4.95. The van der Waals surface area contributed by atoms with Crippen molar-refractivity contribution in [3.63, 3.8) is 0 Å². The standard InChI is InChI=1S/C46H59N5O8/c1-8-43-16-12-18-51-20-17-44(37(43)51)31-21-32(35(57-6)22-34(31)49(5)38(44)46(56,40(53)47-9-2)39(43)59-27(3)52)45(41(54)58-7)24-28-23-42(4,55)26-50(25-28)19-15-30-29-13-10-11-14-33(29)48-36(30)45/h10-14,16,21-22,28,37-39,48,55-56H,8-9,15,17-20,23-26H2,1-7H3,(H,47,53)/t28?,37?,38?,39-,42+,43-,44?,45+,46+/m1/s1. The van der Waals surface area contributed by atoms with Gasteiger partial charge in [-0.05, 0) is 81.7 Å². The van der Waals surface area contributed by atoms with Crippen LogP contribution in [0.15, 0.2) is 48.6 Å². The lowest BCUT2D eigenvalue weighted by Gasteiger charge is -2.63. The van der Waals surface area contributed by atoms with Crippen LogP contribution in [0.25, 0.3) is 10.9 Å². The number of hydrogen-bond acceptors (Lipinski definition) is 11. The first kappa shape index (κ1) is 40.0. The number of ether oxygens (including phenoxy) is 3. The van der Waals surface area contributed by atoms with Gasteiger partial charge in [-0.2, -0.15) is 0 Å². The van der Waals surface area contributed by atoms with Crippen LogP contribution < -0.4 is 15.0 Å². The van der Waals surface area contributed by atoms with Gasteiger partial charge in [0.25, 0.3) is 5.91 Å². The third-order valence-electron chi connectivity index (χ3n) is 15.2. The highest BCUT2D eigenvalue weighted by Crippen LogP contribution is 2.68. The van der Waals surface area contributed by atoms with Gasteiger partial charge in [-0.15, -0.1) is 0 Å². The van der Waals surface area contributed by atoms with Crippen molar-refractivity contribution in [2.24, 2.45) is 11.3 Å². The number of aliphatic hydroxyl groups is 2. The van der Waals surface area contributed by atoms with Gasteiger partial charge in [0.15, 0.2) is 6.10 Å². The molecule has 316 valence electrons. The molecule has 13 heteroatoms. The van der Waals surface area contributed by atoms with Crippen molar-refractivity contribution in [1.82, 2.24) is 20.1 Å². The Morgan fingerprint density at radius 1 is 1.03 bits per heavy atom. The molecule has 4 N–H and O–H groups in total. The third-order valence-corrected chi connectivity index (χ3v) is 15.2. The van der Waals surface area contributed by atoms with Gasteiger partial charge in [-0.25, -0.2) is 0 Å². The van der Waals surface area contributed by atoms with Crippen LogP contribution in [0.5, 0.6) is 5.75 Å². The SMILES string of the molecule is CCNC(=O)[C@]1(O)C2N(C)c3cc(OC)c([C@@]4(C(=O)OC)CC5CN(CCc6c4[nH]c4ccccc64)C[C@@](C)(O)C5)cc3C23CCN2CC=C[C@](CC)(C23)[C@H]1OC(C)=O. The molecule has 1 aromatic heterocycles. The van der Waals surface area contributed by atoms with E-state index in [0.29, 0.717) is 76.1 Å². The van der Waals surface area contributed by atoms with Crippen molar-refractivity contribution in [2.75, 3.05) is 65.4 Å². The number of methoxy groups -OCH3 is 2. The topological polar surface area (TPSA) is 157 Å². The predicted molar refractivity (Wildman–Crippen MR) is 222 cm³/mol. The van der Waals surface area contributed by atoms with Gasteiger partial charge in [0.1, 0.15) is 11.2 Å². The van der Waals surface area contributed by atoms with Crippen molar-refractivity contribution in [1.29, 1.82) is 0 Å². The van der Waals surface area contributed by atoms with E-state index in [1.807, 2.05) is 57.0 Å². The van der Waals surface area contributed by atoms with Gasteiger partial charge in [-0.3, -0.25) is 24.2 Å². The van der Waals surface area contributed by atoms with Crippen LogP contribution in [-0.4, -0.2) is 133 Å². The summed E-state index contributed by atoms with van der Waals surface area (Å²) >= 11 is 0. The number of amides is 1. The van der Waals surface area contributed by atoms with Crippen molar-refractivity contribution in [3.8, 4) is 5.75 Å². The number of likely N-dealkylation sites (N-methyl/N-ethyl adjacent to an activating group) is 2. The van der Waals surface area contributed by atoms with Crippen molar-refractivity contribution in [3.05, 3.63) is 70.9 Å². The quantitative estimate of drug-likeness (QED) is 0.205. The maximum absolute atomic E-state index is 15.3. The summed E-state index contributed by atoms with van der Waals surface area (Å²) in [5.41, 5.74) is -1.37. The van der Waals surface area contributed by atoms with Crippen LogP contribution >= 0.6 is 0 Å². The third kappa shape index (κ3) is 5.32. The monoisotopic (exact) mass is 809 g/mol. The molecule has 6 aliphatic rings. The van der Waals surface area contributed by atoms with Crippen LogP contribution in [0.1, 0.15) is 75.8 Å². The molecule has 5 aliphatic heterocycles. The van der Waals surface area contributed by atoms with Crippen LogP contribution in [0.2, 0.25) is 0 Å². The van der Waals surface area contributed by atoms with E-state index in [4.69, 9.17) is 14.2 Å². The number of nitrogens with one attached hydrogen (secondary N) is 2. The highest BCUT2D eigenvalue weighted by molar-refractivity contribution is 5.95. The second-order valence-corrected chi connectivity index (χ2v) is 18.5. The number of anilines is 1. The second kappa shape index (κ2) is 13.8. The first-order chi connectivity index (χ1) is 28.2. The van der Waals surface area contributed by atoms with Crippen molar-refractivity contribution in [2.45, 2.75) is 100 Å². The number of nitrogens with zero attached hydrogens (tertiary/aromatic N) is 3. The number of aromatic nitrogens is 1. The maximum Gasteiger partial charge on any atom is 0.322 e. The Balaban J connectivity index is 1.36. The molecule has 2 bridgehead atoms. The largest absolute Gasteiger partial charge is 0.496 e. The minimum absolute atomic E-state index is 0.0954. The fraction of sp³-hybridized carbons (Fsp3) is 0.587. The van der Waals surface area contributed by atoms with Gasteiger partial charge in [-0.1, -0.05) is 37.3 Å². The first-order valence-corrected chi connectivity index (χ1v) is 21.4. The Morgan fingerprint density at radius 3 is 2.53 bits per heavy atom. The molecular weight excluding hydrogens is 751 g/mol. The second-order valence-electron chi connectivity index (χ2n) is 18.5. The number of benzene rings is 2. The van der Waals surface area contributed by atoms with Gasteiger partial charge in [0.2, 0.25) is 5.60 Å². The number of carbonyl (C=O) groups is 3. The molecule has 1 spiro atoms. The lowest BCUT2D eigenvalue weighted by molar-refractivity contribution is -0.217. The molecule has 0 radical (unpaired) electrons. The number of carbonyl (C=O) groups excluding carboxylic acids is 3. The lowest BCUT2D eigenvalue weighted by atomic mass is 9.47. The van der Waals surface area contributed by atoms with E-state index in [1.165, 1.54) is 14.0 Å². The van der Waals surface area contributed by atoms with E-state index in [2.05, 4.69) is 44.4 Å². The molecule has 3 aromatic rings. The minimum atomic E-state index is -2.19. The number of aromatic amines is 1. The smallest absolute Gasteiger partial charge is 0.322 e. The number of para-hydroxylation sites is 1. The van der Waals surface area contributed by atoms with E-state index in [1.54, 1.807) is 7.11 Å². The average molecular weight is 810 g/mol. The summed E-state index contributed by atoms with van der Waals surface area (Å²) in [5, 5.41) is 29.2. The van der Waals surface area contributed by atoms with E-state index in [-0.39, 0.29) is 18.5 Å². The molecule has 3 fully saturated rings. The van der Waals surface area contributed by atoms with Crippen molar-refractivity contribution >= 4 is 34.4 Å².